The Hall–Kier alpha value is -1.10. The summed E-state index contributed by atoms with van der Waals surface area (Å²) in [4.78, 5) is 14.4. The van der Waals surface area contributed by atoms with Crippen molar-refractivity contribution in [2.75, 3.05) is 26.8 Å². The molecule has 1 N–H and O–H groups in total. The van der Waals surface area contributed by atoms with Crippen LogP contribution in [-0.2, 0) is 9.53 Å². The Kier molecular flexibility index (Phi) is 6.68. The Bertz CT molecular complexity index is 491. The normalized spacial score (nSPS) is 15.8. The number of halogens is 1. The molecule has 22 heavy (non-hydrogen) atoms. The number of hydrogen-bond donors (Lipinski definition) is 1. The van der Waals surface area contributed by atoms with Gasteiger partial charge in [-0.15, -0.1) is 0 Å². The lowest BCUT2D eigenvalue weighted by Gasteiger charge is -2.29. The molecule has 122 valence electrons. The van der Waals surface area contributed by atoms with Crippen LogP contribution in [0.4, 0.5) is 0 Å². The number of methoxy groups -OCH3 is 1. The largest absolute Gasteiger partial charge is 0.385 e. The molecule has 0 bridgehead atoms. The average Bonchev–Trinajstić information content (AvgIpc) is 3.34. The molecule has 0 aliphatic heterocycles. The predicted molar refractivity (Wildman–Crippen MR) is 89.1 cm³/mol. The molecule has 1 fully saturated rings. The molecule has 0 aromatic heterocycles. The summed E-state index contributed by atoms with van der Waals surface area (Å²) < 4.78 is 4.99. The first-order valence-electron chi connectivity index (χ1n) is 7.89. The summed E-state index contributed by atoms with van der Waals surface area (Å²) >= 11 is 6.30. The van der Waals surface area contributed by atoms with Crippen LogP contribution in [0.25, 0.3) is 0 Å². The molecule has 0 radical (unpaired) electrons. The Labute approximate surface area is 137 Å². The zero-order chi connectivity index (χ0) is 15.9. The van der Waals surface area contributed by atoms with E-state index in [0.29, 0.717) is 25.7 Å². The van der Waals surface area contributed by atoms with Gasteiger partial charge in [-0.05, 0) is 37.8 Å². The Morgan fingerprint density at radius 1 is 1.45 bits per heavy atom. The van der Waals surface area contributed by atoms with Gasteiger partial charge in [0.05, 0.1) is 6.54 Å². The van der Waals surface area contributed by atoms with E-state index < -0.39 is 0 Å². The number of carbonyl (C=O) groups excluding carboxylic acids is 1. The second-order valence-electron chi connectivity index (χ2n) is 5.80. The smallest absolute Gasteiger partial charge is 0.234 e. The van der Waals surface area contributed by atoms with E-state index in [1.807, 2.05) is 24.3 Å². The molecule has 1 aliphatic rings. The van der Waals surface area contributed by atoms with E-state index in [-0.39, 0.29) is 11.9 Å². The molecule has 0 saturated heterocycles. The SMILES string of the molecule is COCCCNC(=O)CN(C1CC1)C(C)c1ccccc1Cl. The van der Waals surface area contributed by atoms with Crippen molar-refractivity contribution in [2.45, 2.75) is 38.3 Å². The fraction of sp³-hybridized carbons (Fsp3) is 0.588. The highest BCUT2D eigenvalue weighted by molar-refractivity contribution is 6.31. The van der Waals surface area contributed by atoms with Gasteiger partial charge >= 0.3 is 0 Å². The first-order chi connectivity index (χ1) is 10.6. The number of nitrogens with zero attached hydrogens (tertiary/aromatic N) is 1. The van der Waals surface area contributed by atoms with Crippen LogP contribution in [0, 0.1) is 0 Å². The van der Waals surface area contributed by atoms with E-state index in [4.69, 9.17) is 16.3 Å². The number of carbonyl (C=O) groups is 1. The molecule has 4 nitrogen and oxygen atoms in total. The molecule has 1 amide bonds. The number of ether oxygens (including phenoxy) is 1. The summed E-state index contributed by atoms with van der Waals surface area (Å²) in [7, 11) is 1.67. The molecule has 1 atom stereocenters. The fourth-order valence-corrected chi connectivity index (χ4v) is 2.94. The Morgan fingerprint density at radius 3 is 2.82 bits per heavy atom. The molecule has 1 aromatic rings. The van der Waals surface area contributed by atoms with Crippen LogP contribution >= 0.6 is 11.6 Å². The van der Waals surface area contributed by atoms with Crippen LogP contribution in [-0.4, -0.2) is 43.7 Å². The summed E-state index contributed by atoms with van der Waals surface area (Å²) in [5.41, 5.74) is 1.09. The van der Waals surface area contributed by atoms with Gasteiger partial charge < -0.3 is 10.1 Å². The fourth-order valence-electron chi connectivity index (χ4n) is 2.65. The number of hydrogen-bond acceptors (Lipinski definition) is 3. The van der Waals surface area contributed by atoms with E-state index in [1.165, 1.54) is 0 Å². The second-order valence-corrected chi connectivity index (χ2v) is 6.20. The summed E-state index contributed by atoms with van der Waals surface area (Å²) in [5, 5.41) is 3.72. The highest BCUT2D eigenvalue weighted by Gasteiger charge is 2.34. The van der Waals surface area contributed by atoms with Crippen molar-refractivity contribution in [3.8, 4) is 0 Å². The molecule has 2 rings (SSSR count). The number of benzene rings is 1. The van der Waals surface area contributed by atoms with Crippen LogP contribution in [0.2, 0.25) is 5.02 Å². The van der Waals surface area contributed by atoms with Crippen LogP contribution in [0.15, 0.2) is 24.3 Å². The minimum absolute atomic E-state index is 0.0712. The monoisotopic (exact) mass is 324 g/mol. The summed E-state index contributed by atoms with van der Waals surface area (Å²) in [6, 6.07) is 8.51. The van der Waals surface area contributed by atoms with Crippen molar-refractivity contribution in [1.29, 1.82) is 0 Å². The molecule has 1 unspecified atom stereocenters. The lowest BCUT2D eigenvalue weighted by atomic mass is 10.1. The quantitative estimate of drug-likeness (QED) is 0.710. The zero-order valence-electron chi connectivity index (χ0n) is 13.3. The molecular weight excluding hydrogens is 300 g/mol. The first kappa shape index (κ1) is 17.3. The van der Waals surface area contributed by atoms with Gasteiger partial charge in [-0.3, -0.25) is 9.69 Å². The van der Waals surface area contributed by atoms with E-state index in [1.54, 1.807) is 7.11 Å². The van der Waals surface area contributed by atoms with Crippen molar-refractivity contribution >= 4 is 17.5 Å². The lowest BCUT2D eigenvalue weighted by Crippen LogP contribution is -2.40. The minimum Gasteiger partial charge on any atom is -0.385 e. The van der Waals surface area contributed by atoms with Gasteiger partial charge in [-0.2, -0.15) is 0 Å². The maximum absolute atomic E-state index is 12.1. The van der Waals surface area contributed by atoms with E-state index in [2.05, 4.69) is 17.1 Å². The third kappa shape index (κ3) is 4.97. The average molecular weight is 325 g/mol. The minimum atomic E-state index is 0.0712. The zero-order valence-corrected chi connectivity index (χ0v) is 14.1. The molecule has 1 aromatic carbocycles. The third-order valence-electron chi connectivity index (χ3n) is 4.04. The van der Waals surface area contributed by atoms with Gasteiger partial charge in [0.15, 0.2) is 0 Å². The molecule has 1 aliphatic carbocycles. The third-order valence-corrected chi connectivity index (χ3v) is 4.39. The van der Waals surface area contributed by atoms with Gasteiger partial charge in [0.2, 0.25) is 5.91 Å². The molecule has 1 saturated carbocycles. The van der Waals surface area contributed by atoms with E-state index in [9.17, 15) is 4.79 Å². The highest BCUT2D eigenvalue weighted by Crippen LogP contribution is 2.36. The van der Waals surface area contributed by atoms with Crippen LogP contribution in [0.5, 0.6) is 0 Å². The molecular formula is C17H25ClN2O2. The Morgan fingerprint density at radius 2 is 2.18 bits per heavy atom. The maximum Gasteiger partial charge on any atom is 0.234 e. The molecule has 0 heterocycles. The lowest BCUT2D eigenvalue weighted by molar-refractivity contribution is -0.123. The van der Waals surface area contributed by atoms with E-state index in [0.717, 1.165) is 29.8 Å². The first-order valence-corrected chi connectivity index (χ1v) is 8.27. The molecule has 0 spiro atoms. The predicted octanol–water partition coefficient (Wildman–Crippen LogP) is 3.02. The van der Waals surface area contributed by atoms with Crippen molar-refractivity contribution in [3.05, 3.63) is 34.9 Å². The Balaban J connectivity index is 1.92. The van der Waals surface area contributed by atoms with Crippen molar-refractivity contribution < 1.29 is 9.53 Å². The highest BCUT2D eigenvalue weighted by atomic mass is 35.5. The summed E-state index contributed by atoms with van der Waals surface area (Å²) in [6.07, 6.45) is 3.16. The summed E-state index contributed by atoms with van der Waals surface area (Å²) in [6.45, 7) is 3.87. The van der Waals surface area contributed by atoms with Crippen molar-refractivity contribution in [3.63, 3.8) is 0 Å². The van der Waals surface area contributed by atoms with Crippen LogP contribution in [0.1, 0.15) is 37.8 Å². The molecule has 5 heteroatoms. The van der Waals surface area contributed by atoms with Crippen LogP contribution in [0.3, 0.4) is 0 Å². The summed E-state index contributed by atoms with van der Waals surface area (Å²) in [5.74, 6) is 0.0712. The topological polar surface area (TPSA) is 41.6 Å². The van der Waals surface area contributed by atoms with Gasteiger partial charge in [0, 0.05) is 37.4 Å². The van der Waals surface area contributed by atoms with Gasteiger partial charge in [0.1, 0.15) is 0 Å². The van der Waals surface area contributed by atoms with Gasteiger partial charge in [-0.25, -0.2) is 0 Å². The van der Waals surface area contributed by atoms with E-state index >= 15 is 0 Å². The number of rotatable bonds is 9. The van der Waals surface area contributed by atoms with Crippen molar-refractivity contribution in [2.24, 2.45) is 0 Å². The van der Waals surface area contributed by atoms with Crippen LogP contribution < -0.4 is 5.32 Å². The number of nitrogens with one attached hydrogen (secondary N) is 1. The van der Waals surface area contributed by atoms with Gasteiger partial charge in [-0.1, -0.05) is 29.8 Å². The number of amides is 1. The maximum atomic E-state index is 12.1. The standard InChI is InChI=1S/C17H25ClN2O2/c1-13(15-6-3-4-7-16(15)18)20(14-8-9-14)12-17(21)19-10-5-11-22-2/h3-4,6-7,13-14H,5,8-12H2,1-2H3,(H,19,21). The van der Waals surface area contributed by atoms with Crippen molar-refractivity contribution in [1.82, 2.24) is 10.2 Å². The second kappa shape index (κ2) is 8.51. The van der Waals surface area contributed by atoms with Gasteiger partial charge in [0.25, 0.3) is 0 Å².